The summed E-state index contributed by atoms with van der Waals surface area (Å²) in [5.41, 5.74) is 5.44. The Morgan fingerprint density at radius 3 is 2.38 bits per heavy atom. The highest BCUT2D eigenvalue weighted by molar-refractivity contribution is 5.84. The molecule has 6 nitrogen and oxygen atoms in total. The quantitative estimate of drug-likeness (QED) is 0.755. The number of carbonyl (C=O) groups is 1. The standard InChI is InChI=1S/C15H24N2O4/c1-15(2,3)21-14(18)17-12-4-6-13(7-5-12)20-11-10-19-9-8-16/h4-7H,8-11,16H2,1-3H3,(H,17,18). The van der Waals surface area contributed by atoms with Crippen LogP contribution in [-0.4, -0.2) is 38.1 Å². The first-order chi connectivity index (χ1) is 9.90. The Bertz CT molecular complexity index is 426. The molecule has 0 atom stereocenters. The first-order valence-corrected chi connectivity index (χ1v) is 6.91. The number of amides is 1. The van der Waals surface area contributed by atoms with Crippen LogP contribution in [0, 0.1) is 0 Å². The molecule has 21 heavy (non-hydrogen) atoms. The average Bonchev–Trinajstić information content (AvgIpc) is 2.38. The first kappa shape index (κ1) is 17.3. The molecule has 3 N–H and O–H groups in total. The molecule has 1 aromatic rings. The van der Waals surface area contributed by atoms with Gasteiger partial charge in [0.05, 0.1) is 13.2 Å². The van der Waals surface area contributed by atoms with Gasteiger partial charge in [-0.2, -0.15) is 0 Å². The van der Waals surface area contributed by atoms with Crippen LogP contribution >= 0.6 is 0 Å². The summed E-state index contributed by atoms with van der Waals surface area (Å²) >= 11 is 0. The van der Waals surface area contributed by atoms with Gasteiger partial charge in [0, 0.05) is 12.2 Å². The predicted octanol–water partition coefficient (Wildman–Crippen LogP) is 2.39. The molecule has 0 aliphatic heterocycles. The Balaban J connectivity index is 2.35. The van der Waals surface area contributed by atoms with Crippen LogP contribution in [0.3, 0.4) is 0 Å². The number of carbonyl (C=O) groups excluding carboxylic acids is 1. The summed E-state index contributed by atoms with van der Waals surface area (Å²) in [6, 6.07) is 7.05. The van der Waals surface area contributed by atoms with Gasteiger partial charge in [0.15, 0.2) is 0 Å². The lowest BCUT2D eigenvalue weighted by atomic mass is 10.2. The molecule has 0 radical (unpaired) electrons. The summed E-state index contributed by atoms with van der Waals surface area (Å²) in [6.45, 7) is 7.43. The van der Waals surface area contributed by atoms with E-state index in [1.54, 1.807) is 24.3 Å². The fourth-order valence-electron chi connectivity index (χ4n) is 1.46. The molecule has 118 valence electrons. The number of hydrogen-bond acceptors (Lipinski definition) is 5. The molecule has 0 bridgehead atoms. The fourth-order valence-corrected chi connectivity index (χ4v) is 1.46. The maximum absolute atomic E-state index is 11.6. The zero-order valence-corrected chi connectivity index (χ0v) is 12.8. The highest BCUT2D eigenvalue weighted by Gasteiger charge is 2.16. The van der Waals surface area contributed by atoms with Crippen molar-refractivity contribution in [3.05, 3.63) is 24.3 Å². The van der Waals surface area contributed by atoms with Gasteiger partial charge in [-0.3, -0.25) is 5.32 Å². The van der Waals surface area contributed by atoms with Gasteiger partial charge in [-0.15, -0.1) is 0 Å². The number of benzene rings is 1. The minimum atomic E-state index is -0.517. The highest BCUT2D eigenvalue weighted by Crippen LogP contribution is 2.16. The van der Waals surface area contributed by atoms with Gasteiger partial charge in [0.2, 0.25) is 0 Å². The SMILES string of the molecule is CC(C)(C)OC(=O)Nc1ccc(OCCOCCN)cc1. The smallest absolute Gasteiger partial charge is 0.412 e. The molecule has 1 rings (SSSR count). The summed E-state index contributed by atoms with van der Waals surface area (Å²) in [5.74, 6) is 0.709. The third-order valence-electron chi connectivity index (χ3n) is 2.26. The Kier molecular flexibility index (Phi) is 6.98. The van der Waals surface area contributed by atoms with Crippen molar-refractivity contribution < 1.29 is 19.0 Å². The minimum absolute atomic E-state index is 0.457. The van der Waals surface area contributed by atoms with Gasteiger partial charge in [0.25, 0.3) is 0 Å². The minimum Gasteiger partial charge on any atom is -0.491 e. The Morgan fingerprint density at radius 2 is 1.81 bits per heavy atom. The number of hydrogen-bond donors (Lipinski definition) is 2. The van der Waals surface area contributed by atoms with Crippen LogP contribution < -0.4 is 15.8 Å². The van der Waals surface area contributed by atoms with E-state index in [0.29, 0.717) is 37.8 Å². The van der Waals surface area contributed by atoms with Crippen molar-refractivity contribution in [2.24, 2.45) is 5.73 Å². The van der Waals surface area contributed by atoms with E-state index in [9.17, 15) is 4.79 Å². The normalized spacial score (nSPS) is 11.0. The largest absolute Gasteiger partial charge is 0.491 e. The molecule has 0 aromatic heterocycles. The van der Waals surface area contributed by atoms with Crippen molar-refractivity contribution in [1.82, 2.24) is 0 Å². The highest BCUT2D eigenvalue weighted by atomic mass is 16.6. The lowest BCUT2D eigenvalue weighted by molar-refractivity contribution is 0.0636. The molecule has 0 saturated heterocycles. The second-order valence-electron chi connectivity index (χ2n) is 5.40. The average molecular weight is 296 g/mol. The number of ether oxygens (including phenoxy) is 3. The summed E-state index contributed by atoms with van der Waals surface area (Å²) in [5, 5.41) is 2.65. The van der Waals surface area contributed by atoms with Crippen molar-refractivity contribution in [1.29, 1.82) is 0 Å². The van der Waals surface area contributed by atoms with E-state index < -0.39 is 11.7 Å². The molecule has 0 aliphatic rings. The van der Waals surface area contributed by atoms with Crippen LogP contribution in [0.5, 0.6) is 5.75 Å². The summed E-state index contributed by atoms with van der Waals surface area (Å²) in [4.78, 5) is 11.6. The molecule has 0 fully saturated rings. The van der Waals surface area contributed by atoms with Crippen LogP contribution in [0.15, 0.2) is 24.3 Å². The lowest BCUT2D eigenvalue weighted by Crippen LogP contribution is -2.27. The molecule has 0 unspecified atom stereocenters. The van der Waals surface area contributed by atoms with Crippen LogP contribution in [-0.2, 0) is 9.47 Å². The van der Waals surface area contributed by atoms with E-state index in [4.69, 9.17) is 19.9 Å². The number of anilines is 1. The second kappa shape index (κ2) is 8.49. The topological polar surface area (TPSA) is 82.8 Å². The van der Waals surface area contributed by atoms with Crippen LogP contribution in [0.4, 0.5) is 10.5 Å². The van der Waals surface area contributed by atoms with E-state index in [1.807, 2.05) is 20.8 Å². The van der Waals surface area contributed by atoms with E-state index >= 15 is 0 Å². The lowest BCUT2D eigenvalue weighted by Gasteiger charge is -2.19. The molecular formula is C15H24N2O4. The molecule has 0 heterocycles. The van der Waals surface area contributed by atoms with E-state index in [1.165, 1.54) is 0 Å². The second-order valence-corrected chi connectivity index (χ2v) is 5.40. The van der Waals surface area contributed by atoms with Crippen molar-refractivity contribution in [2.45, 2.75) is 26.4 Å². The van der Waals surface area contributed by atoms with Gasteiger partial charge >= 0.3 is 6.09 Å². The molecule has 6 heteroatoms. The van der Waals surface area contributed by atoms with Gasteiger partial charge in [-0.05, 0) is 45.0 Å². The van der Waals surface area contributed by atoms with Gasteiger partial charge in [-0.1, -0.05) is 0 Å². The van der Waals surface area contributed by atoms with E-state index in [-0.39, 0.29) is 0 Å². The molecule has 0 saturated carbocycles. The maximum atomic E-state index is 11.6. The maximum Gasteiger partial charge on any atom is 0.412 e. The molecule has 0 aliphatic carbocycles. The molecule has 1 amide bonds. The van der Waals surface area contributed by atoms with Crippen LogP contribution in [0.1, 0.15) is 20.8 Å². The zero-order chi connectivity index (χ0) is 15.7. The Morgan fingerprint density at radius 1 is 1.14 bits per heavy atom. The van der Waals surface area contributed by atoms with Crippen LogP contribution in [0.25, 0.3) is 0 Å². The number of rotatable bonds is 7. The summed E-state index contributed by atoms with van der Waals surface area (Å²) < 4.78 is 15.9. The number of nitrogens with two attached hydrogens (primary N) is 1. The van der Waals surface area contributed by atoms with Gasteiger partial charge < -0.3 is 19.9 Å². The third-order valence-corrected chi connectivity index (χ3v) is 2.26. The van der Waals surface area contributed by atoms with E-state index in [0.717, 1.165) is 0 Å². The number of nitrogens with one attached hydrogen (secondary N) is 1. The summed E-state index contributed by atoms with van der Waals surface area (Å²) in [7, 11) is 0. The van der Waals surface area contributed by atoms with Crippen LogP contribution in [0.2, 0.25) is 0 Å². The predicted molar refractivity (Wildman–Crippen MR) is 81.7 cm³/mol. The monoisotopic (exact) mass is 296 g/mol. The third kappa shape index (κ3) is 8.16. The van der Waals surface area contributed by atoms with Crippen molar-refractivity contribution in [3.8, 4) is 5.75 Å². The molecular weight excluding hydrogens is 272 g/mol. The Labute approximate surface area is 125 Å². The summed E-state index contributed by atoms with van der Waals surface area (Å²) in [6.07, 6.45) is -0.480. The van der Waals surface area contributed by atoms with Crippen molar-refractivity contribution in [2.75, 3.05) is 31.7 Å². The molecule has 0 spiro atoms. The van der Waals surface area contributed by atoms with Gasteiger partial charge in [0.1, 0.15) is 18.0 Å². The first-order valence-electron chi connectivity index (χ1n) is 6.91. The Hall–Kier alpha value is -1.79. The van der Waals surface area contributed by atoms with Gasteiger partial charge in [-0.25, -0.2) is 4.79 Å². The van der Waals surface area contributed by atoms with E-state index in [2.05, 4.69) is 5.32 Å². The fraction of sp³-hybridized carbons (Fsp3) is 0.533. The van der Waals surface area contributed by atoms with Crippen molar-refractivity contribution in [3.63, 3.8) is 0 Å². The van der Waals surface area contributed by atoms with Crippen molar-refractivity contribution >= 4 is 11.8 Å². The molecule has 1 aromatic carbocycles. The zero-order valence-electron chi connectivity index (χ0n) is 12.8.